The molecule has 2 unspecified atom stereocenters. The first-order valence-corrected chi connectivity index (χ1v) is 10.6. The van der Waals surface area contributed by atoms with Gasteiger partial charge in [-0.15, -0.1) is 0 Å². The molecule has 1 aromatic carbocycles. The number of pyridine rings is 1. The largest absolute Gasteiger partial charge is 0.327 e. The van der Waals surface area contributed by atoms with E-state index in [1.54, 1.807) is 36.5 Å². The fourth-order valence-electron chi connectivity index (χ4n) is 4.08. The molecule has 162 valence electrons. The molecule has 4 amide bonds. The van der Waals surface area contributed by atoms with Crippen molar-refractivity contribution in [3.05, 3.63) is 58.9 Å². The number of carbonyl (C=O) groups is 3. The summed E-state index contributed by atoms with van der Waals surface area (Å²) < 4.78 is 0. The summed E-state index contributed by atoms with van der Waals surface area (Å²) in [6, 6.07) is 9.22. The van der Waals surface area contributed by atoms with Crippen molar-refractivity contribution in [3.63, 3.8) is 0 Å². The monoisotopic (exact) mass is 441 g/mol. The topological polar surface area (TPSA) is 94.6 Å². The molecule has 2 saturated heterocycles. The number of urea groups is 1. The molecule has 2 fully saturated rings. The number of hydrogen-bond acceptors (Lipinski definition) is 5. The highest BCUT2D eigenvalue weighted by atomic mass is 35.5. The zero-order valence-electron chi connectivity index (χ0n) is 17.2. The van der Waals surface area contributed by atoms with Crippen molar-refractivity contribution in [1.82, 2.24) is 20.1 Å². The summed E-state index contributed by atoms with van der Waals surface area (Å²) in [4.78, 5) is 46.1. The number of halogens is 1. The number of rotatable bonds is 5. The van der Waals surface area contributed by atoms with E-state index < -0.39 is 12.1 Å². The lowest BCUT2D eigenvalue weighted by molar-refractivity contribution is -0.138. The van der Waals surface area contributed by atoms with E-state index in [1.165, 1.54) is 9.80 Å². The van der Waals surface area contributed by atoms with E-state index >= 15 is 0 Å². The molecule has 8 nitrogen and oxygen atoms in total. The third-order valence-corrected chi connectivity index (χ3v) is 5.90. The van der Waals surface area contributed by atoms with E-state index in [9.17, 15) is 14.4 Å². The van der Waals surface area contributed by atoms with Gasteiger partial charge in [0.25, 0.3) is 0 Å². The van der Waals surface area contributed by atoms with Crippen LogP contribution in [0.25, 0.3) is 0 Å². The van der Waals surface area contributed by atoms with Crippen molar-refractivity contribution in [2.24, 2.45) is 0 Å². The Bertz CT molecular complexity index is 1000. The molecule has 31 heavy (non-hydrogen) atoms. The minimum Gasteiger partial charge on any atom is -0.324 e. The molecule has 4 rings (SSSR count). The Hall–Kier alpha value is -2.97. The van der Waals surface area contributed by atoms with Crippen LogP contribution in [0.15, 0.2) is 42.6 Å². The summed E-state index contributed by atoms with van der Waals surface area (Å²) in [5.41, 5.74) is 2.07. The maximum absolute atomic E-state index is 13.3. The van der Waals surface area contributed by atoms with E-state index in [1.807, 2.05) is 13.0 Å². The minimum atomic E-state index is -0.532. The van der Waals surface area contributed by atoms with Crippen molar-refractivity contribution in [3.8, 4) is 0 Å². The van der Waals surface area contributed by atoms with Gasteiger partial charge in [0.15, 0.2) is 0 Å². The predicted molar refractivity (Wildman–Crippen MR) is 117 cm³/mol. The molecule has 2 aliphatic heterocycles. The second-order valence-corrected chi connectivity index (χ2v) is 8.24. The quantitative estimate of drug-likeness (QED) is 0.743. The van der Waals surface area contributed by atoms with Gasteiger partial charge >= 0.3 is 6.03 Å². The number of fused-ring (bicyclic) bond motifs is 1. The first-order valence-electron chi connectivity index (χ1n) is 10.3. The van der Waals surface area contributed by atoms with Crippen molar-refractivity contribution in [2.45, 2.75) is 38.4 Å². The highest BCUT2D eigenvalue weighted by Gasteiger charge is 2.47. The SMILES string of the molecule is Cc1ccc(Cl)cc1NC(=O)CN1C(=O)N(Cc2ccccn2)C(=O)C2NCCCC21. The number of amides is 4. The van der Waals surface area contributed by atoms with Crippen LogP contribution in [-0.4, -0.2) is 57.8 Å². The van der Waals surface area contributed by atoms with Crippen LogP contribution in [0.5, 0.6) is 0 Å². The number of anilines is 1. The fraction of sp³-hybridized carbons (Fsp3) is 0.364. The summed E-state index contributed by atoms with van der Waals surface area (Å²) in [6.07, 6.45) is 3.11. The molecular weight excluding hydrogens is 418 g/mol. The Morgan fingerprint density at radius 2 is 2.13 bits per heavy atom. The van der Waals surface area contributed by atoms with Crippen LogP contribution in [-0.2, 0) is 16.1 Å². The second-order valence-electron chi connectivity index (χ2n) is 7.80. The van der Waals surface area contributed by atoms with Crippen molar-refractivity contribution >= 4 is 35.1 Å². The normalized spacial score (nSPS) is 21.1. The summed E-state index contributed by atoms with van der Waals surface area (Å²) in [7, 11) is 0. The molecular formula is C22H24ClN5O3. The van der Waals surface area contributed by atoms with E-state index in [4.69, 9.17) is 11.6 Å². The zero-order chi connectivity index (χ0) is 22.0. The lowest BCUT2D eigenvalue weighted by Gasteiger charge is -2.46. The fourth-order valence-corrected chi connectivity index (χ4v) is 4.25. The average Bonchev–Trinajstić information content (AvgIpc) is 2.77. The lowest BCUT2D eigenvalue weighted by Crippen LogP contribution is -2.70. The zero-order valence-corrected chi connectivity index (χ0v) is 17.9. The summed E-state index contributed by atoms with van der Waals surface area (Å²) in [5, 5.41) is 6.57. The molecule has 0 bridgehead atoms. The van der Waals surface area contributed by atoms with Gasteiger partial charge in [-0.05, 0) is 56.1 Å². The number of aromatic nitrogens is 1. The molecule has 2 N–H and O–H groups in total. The number of carbonyl (C=O) groups excluding carboxylic acids is 3. The van der Waals surface area contributed by atoms with E-state index in [0.29, 0.717) is 29.4 Å². The summed E-state index contributed by atoms with van der Waals surface area (Å²) in [6.45, 7) is 2.47. The van der Waals surface area contributed by atoms with Gasteiger partial charge in [0.05, 0.1) is 18.3 Å². The van der Waals surface area contributed by atoms with Crippen LogP contribution in [0.1, 0.15) is 24.1 Å². The van der Waals surface area contributed by atoms with Crippen molar-refractivity contribution in [1.29, 1.82) is 0 Å². The number of benzene rings is 1. The Morgan fingerprint density at radius 1 is 1.29 bits per heavy atom. The molecule has 2 aromatic rings. The number of hydrogen-bond donors (Lipinski definition) is 2. The van der Waals surface area contributed by atoms with E-state index in [-0.39, 0.29) is 30.9 Å². The average molecular weight is 442 g/mol. The van der Waals surface area contributed by atoms with Gasteiger partial charge < -0.3 is 15.5 Å². The predicted octanol–water partition coefficient (Wildman–Crippen LogP) is 2.57. The molecule has 2 atom stereocenters. The van der Waals surface area contributed by atoms with Crippen LogP contribution in [0.3, 0.4) is 0 Å². The van der Waals surface area contributed by atoms with Gasteiger partial charge in [0.2, 0.25) is 11.8 Å². The summed E-state index contributed by atoms with van der Waals surface area (Å²) in [5.74, 6) is -0.613. The first kappa shape index (κ1) is 21.3. The molecule has 2 aliphatic rings. The highest BCUT2D eigenvalue weighted by molar-refractivity contribution is 6.31. The van der Waals surface area contributed by atoms with Gasteiger partial charge in [-0.1, -0.05) is 23.7 Å². The molecule has 1 aromatic heterocycles. The van der Waals surface area contributed by atoms with Crippen LogP contribution in [0.2, 0.25) is 5.02 Å². The number of imide groups is 1. The number of nitrogens with one attached hydrogen (secondary N) is 2. The molecule has 0 saturated carbocycles. The van der Waals surface area contributed by atoms with Gasteiger partial charge in [0, 0.05) is 16.9 Å². The van der Waals surface area contributed by atoms with Crippen molar-refractivity contribution in [2.75, 3.05) is 18.4 Å². The van der Waals surface area contributed by atoms with Crippen LogP contribution < -0.4 is 10.6 Å². The molecule has 3 heterocycles. The Kier molecular flexibility index (Phi) is 6.20. The third-order valence-electron chi connectivity index (χ3n) is 5.67. The third kappa shape index (κ3) is 4.55. The van der Waals surface area contributed by atoms with E-state index in [0.717, 1.165) is 12.0 Å². The van der Waals surface area contributed by atoms with Crippen molar-refractivity contribution < 1.29 is 14.4 Å². The maximum Gasteiger partial charge on any atom is 0.327 e. The smallest absolute Gasteiger partial charge is 0.324 e. The summed E-state index contributed by atoms with van der Waals surface area (Å²) >= 11 is 6.04. The number of nitrogens with zero attached hydrogens (tertiary/aromatic N) is 3. The number of piperidine rings is 1. The standard InChI is InChI=1S/C22H24ClN5O3/c1-14-7-8-15(23)11-17(14)26-19(29)13-27-18-6-4-10-25-20(18)21(30)28(22(27)31)12-16-5-2-3-9-24-16/h2-3,5,7-9,11,18,20,25H,4,6,10,12-13H2,1H3,(H,26,29). The maximum atomic E-state index is 13.3. The first-order chi connectivity index (χ1) is 14.9. The Labute approximate surface area is 185 Å². The molecule has 0 radical (unpaired) electrons. The molecule has 0 spiro atoms. The van der Waals surface area contributed by atoms with Gasteiger partial charge in [-0.25, -0.2) is 4.79 Å². The van der Waals surface area contributed by atoms with Crippen LogP contribution >= 0.6 is 11.6 Å². The lowest BCUT2D eigenvalue weighted by atomic mass is 9.93. The number of aryl methyl sites for hydroxylation is 1. The Morgan fingerprint density at radius 3 is 2.90 bits per heavy atom. The van der Waals surface area contributed by atoms with Crippen LogP contribution in [0, 0.1) is 6.92 Å². The minimum absolute atomic E-state index is 0.0644. The van der Waals surface area contributed by atoms with Gasteiger partial charge in [0.1, 0.15) is 12.6 Å². The van der Waals surface area contributed by atoms with Gasteiger partial charge in [-0.3, -0.25) is 19.5 Å². The highest BCUT2D eigenvalue weighted by Crippen LogP contribution is 2.26. The van der Waals surface area contributed by atoms with Crippen LogP contribution in [0.4, 0.5) is 10.5 Å². The molecule has 9 heteroatoms. The Balaban J connectivity index is 1.55. The van der Waals surface area contributed by atoms with Gasteiger partial charge in [-0.2, -0.15) is 0 Å². The second kappa shape index (κ2) is 9.03. The van der Waals surface area contributed by atoms with E-state index in [2.05, 4.69) is 15.6 Å². The molecule has 0 aliphatic carbocycles.